The molecule has 2 aliphatic heterocycles. The van der Waals surface area contributed by atoms with Crippen LogP contribution in [0.3, 0.4) is 0 Å². The van der Waals surface area contributed by atoms with Crippen LogP contribution in [0.2, 0.25) is 0 Å². The number of ketones is 1. The summed E-state index contributed by atoms with van der Waals surface area (Å²) in [5.41, 5.74) is 1.62. The monoisotopic (exact) mass is 411 g/mol. The maximum absolute atomic E-state index is 13.0. The van der Waals surface area contributed by atoms with Crippen molar-refractivity contribution in [2.75, 3.05) is 39.4 Å². The molecule has 0 radical (unpaired) electrons. The molecule has 0 spiro atoms. The van der Waals surface area contributed by atoms with E-state index in [4.69, 9.17) is 9.15 Å². The Labute approximate surface area is 175 Å². The van der Waals surface area contributed by atoms with Crippen molar-refractivity contribution in [3.63, 3.8) is 0 Å². The van der Waals surface area contributed by atoms with Crippen molar-refractivity contribution < 1.29 is 28.7 Å². The second-order valence-electron chi connectivity index (χ2n) is 7.92. The minimum absolute atomic E-state index is 0.0789. The third-order valence-electron chi connectivity index (χ3n) is 5.80. The maximum atomic E-state index is 13.0. The highest BCUT2D eigenvalue weighted by molar-refractivity contribution is 6.46. The lowest BCUT2D eigenvalue weighted by Gasteiger charge is -2.28. The molecular formula is C23H27N2O5+. The molecular weight excluding hydrogens is 384 g/mol. The van der Waals surface area contributed by atoms with Gasteiger partial charge >= 0.3 is 0 Å². The predicted octanol–water partition coefficient (Wildman–Crippen LogP) is 1.23. The highest BCUT2D eigenvalue weighted by atomic mass is 16.5. The van der Waals surface area contributed by atoms with Gasteiger partial charge < -0.3 is 24.1 Å². The molecule has 7 heteroatoms. The maximum Gasteiger partial charge on any atom is 0.295 e. The second kappa shape index (κ2) is 8.45. The number of aliphatic hydroxyl groups excluding tert-OH is 1. The van der Waals surface area contributed by atoms with Gasteiger partial charge in [0.2, 0.25) is 0 Å². The number of nitrogens with zero attached hydrogens (tertiary/aromatic N) is 1. The summed E-state index contributed by atoms with van der Waals surface area (Å²) in [5.74, 6) is -0.282. The van der Waals surface area contributed by atoms with Crippen LogP contribution in [0.4, 0.5) is 0 Å². The molecule has 1 atom stereocenters. The van der Waals surface area contributed by atoms with Crippen molar-refractivity contribution in [3.05, 3.63) is 64.6 Å². The van der Waals surface area contributed by atoms with E-state index in [1.807, 2.05) is 26.0 Å². The van der Waals surface area contributed by atoms with E-state index in [9.17, 15) is 14.7 Å². The lowest BCUT2D eigenvalue weighted by atomic mass is 9.99. The third kappa shape index (κ3) is 3.91. The highest BCUT2D eigenvalue weighted by Crippen LogP contribution is 2.39. The summed E-state index contributed by atoms with van der Waals surface area (Å²) in [6, 6.07) is 10.1. The van der Waals surface area contributed by atoms with Crippen molar-refractivity contribution in [1.29, 1.82) is 0 Å². The third-order valence-corrected chi connectivity index (χ3v) is 5.80. The molecule has 3 heterocycles. The summed E-state index contributed by atoms with van der Waals surface area (Å²) in [7, 11) is 0. The van der Waals surface area contributed by atoms with Gasteiger partial charge in [-0.1, -0.05) is 29.8 Å². The number of furan rings is 1. The molecule has 7 nitrogen and oxygen atoms in total. The van der Waals surface area contributed by atoms with Gasteiger partial charge in [-0.05, 0) is 26.0 Å². The van der Waals surface area contributed by atoms with Crippen LogP contribution in [-0.4, -0.2) is 61.1 Å². The van der Waals surface area contributed by atoms with Crippen LogP contribution < -0.4 is 4.90 Å². The van der Waals surface area contributed by atoms with Crippen LogP contribution >= 0.6 is 0 Å². The smallest absolute Gasteiger partial charge is 0.295 e. The molecule has 2 saturated heterocycles. The molecule has 1 aromatic heterocycles. The summed E-state index contributed by atoms with van der Waals surface area (Å²) in [5, 5.41) is 11.0. The first kappa shape index (κ1) is 20.4. The SMILES string of the molecule is Cc1ccc(C(O)=C2C(=O)C(=O)N(CC[NH+]3CCOCC3)[C@H]2c2ccc(C)o2)cc1. The molecule has 0 bridgehead atoms. The average molecular weight is 411 g/mol. The number of morpholine rings is 1. The molecule has 2 fully saturated rings. The van der Waals surface area contributed by atoms with Gasteiger partial charge in [0, 0.05) is 5.56 Å². The van der Waals surface area contributed by atoms with Crippen molar-refractivity contribution in [1.82, 2.24) is 4.90 Å². The number of amides is 1. The lowest BCUT2D eigenvalue weighted by Crippen LogP contribution is -3.14. The zero-order valence-corrected chi connectivity index (χ0v) is 17.3. The minimum atomic E-state index is -0.736. The molecule has 158 valence electrons. The van der Waals surface area contributed by atoms with E-state index in [1.54, 1.807) is 24.3 Å². The van der Waals surface area contributed by atoms with E-state index in [1.165, 1.54) is 9.80 Å². The Morgan fingerprint density at radius 3 is 2.43 bits per heavy atom. The summed E-state index contributed by atoms with van der Waals surface area (Å²) in [6.45, 7) is 8.00. The van der Waals surface area contributed by atoms with Crippen LogP contribution in [0, 0.1) is 13.8 Å². The Balaban J connectivity index is 1.70. The van der Waals surface area contributed by atoms with Crippen molar-refractivity contribution in [2.45, 2.75) is 19.9 Å². The Hall–Kier alpha value is -2.90. The quantitative estimate of drug-likeness (QED) is 0.439. The molecule has 0 aliphatic carbocycles. The topological polar surface area (TPSA) is 84.4 Å². The van der Waals surface area contributed by atoms with Gasteiger partial charge in [-0.25, -0.2) is 0 Å². The number of aliphatic hydroxyl groups is 1. The standard InChI is InChI=1S/C23H26N2O5/c1-15-3-6-17(7-4-15)21(26)19-20(18-8-5-16(2)30-18)25(23(28)22(19)27)10-9-24-11-13-29-14-12-24/h3-8,20,26H,9-14H2,1-2H3/p+1/t20-/m0/s1. The van der Waals surface area contributed by atoms with E-state index < -0.39 is 17.7 Å². The fraction of sp³-hybridized carbons (Fsp3) is 0.391. The summed E-state index contributed by atoms with van der Waals surface area (Å²) >= 11 is 0. The van der Waals surface area contributed by atoms with Gasteiger partial charge in [-0.2, -0.15) is 0 Å². The van der Waals surface area contributed by atoms with E-state index in [0.717, 1.165) is 18.7 Å². The first-order chi connectivity index (χ1) is 14.5. The number of hydrogen-bond acceptors (Lipinski definition) is 5. The largest absolute Gasteiger partial charge is 0.507 e. The molecule has 30 heavy (non-hydrogen) atoms. The highest BCUT2D eigenvalue weighted by Gasteiger charge is 2.47. The van der Waals surface area contributed by atoms with Gasteiger partial charge in [0.1, 0.15) is 36.4 Å². The number of Topliss-reactive ketones (excluding diaryl/α,β-unsaturated/α-hetero) is 1. The molecule has 0 saturated carbocycles. The van der Waals surface area contributed by atoms with Crippen LogP contribution in [0.5, 0.6) is 0 Å². The fourth-order valence-corrected chi connectivity index (χ4v) is 4.06. The molecule has 2 N–H and O–H groups in total. The Morgan fingerprint density at radius 1 is 1.10 bits per heavy atom. The molecule has 1 amide bonds. The average Bonchev–Trinajstić information content (AvgIpc) is 3.28. The Kier molecular flexibility index (Phi) is 5.74. The van der Waals surface area contributed by atoms with E-state index in [-0.39, 0.29) is 11.3 Å². The van der Waals surface area contributed by atoms with E-state index in [2.05, 4.69) is 0 Å². The Bertz CT molecular complexity index is 970. The summed E-state index contributed by atoms with van der Waals surface area (Å²) in [4.78, 5) is 28.7. The zero-order valence-electron chi connectivity index (χ0n) is 17.3. The van der Waals surface area contributed by atoms with E-state index >= 15 is 0 Å². The molecule has 0 unspecified atom stereocenters. The second-order valence-corrected chi connectivity index (χ2v) is 7.92. The number of nitrogens with one attached hydrogen (secondary N) is 1. The molecule has 1 aromatic carbocycles. The minimum Gasteiger partial charge on any atom is -0.507 e. The number of quaternary nitrogens is 1. The van der Waals surface area contributed by atoms with Crippen LogP contribution in [0.15, 0.2) is 46.4 Å². The number of likely N-dealkylation sites (tertiary alicyclic amines) is 1. The van der Waals surface area contributed by atoms with Gasteiger partial charge in [0.05, 0.1) is 31.9 Å². The number of rotatable bonds is 5. The molecule has 4 rings (SSSR count). The number of carbonyl (C=O) groups excluding carboxylic acids is 2. The predicted molar refractivity (Wildman–Crippen MR) is 110 cm³/mol. The van der Waals surface area contributed by atoms with Crippen LogP contribution in [0.1, 0.15) is 28.7 Å². The number of benzene rings is 1. The van der Waals surface area contributed by atoms with Crippen molar-refractivity contribution >= 4 is 17.4 Å². The van der Waals surface area contributed by atoms with Gasteiger partial charge in [-0.3, -0.25) is 9.59 Å². The normalized spacial score (nSPS) is 22.1. The first-order valence-corrected chi connectivity index (χ1v) is 10.3. The lowest BCUT2D eigenvalue weighted by molar-refractivity contribution is -0.907. The van der Waals surface area contributed by atoms with Crippen LogP contribution in [-0.2, 0) is 14.3 Å². The molecule has 2 aliphatic rings. The van der Waals surface area contributed by atoms with Gasteiger partial charge in [-0.15, -0.1) is 0 Å². The Morgan fingerprint density at radius 2 is 1.80 bits per heavy atom. The van der Waals surface area contributed by atoms with Crippen LogP contribution in [0.25, 0.3) is 5.76 Å². The number of carbonyl (C=O) groups is 2. The number of aryl methyl sites for hydroxylation is 2. The zero-order chi connectivity index (χ0) is 21.3. The summed E-state index contributed by atoms with van der Waals surface area (Å²) < 4.78 is 11.2. The number of hydrogen-bond donors (Lipinski definition) is 2. The van der Waals surface area contributed by atoms with Gasteiger partial charge in [0.15, 0.2) is 0 Å². The van der Waals surface area contributed by atoms with E-state index in [0.29, 0.717) is 43.4 Å². The molecule has 2 aromatic rings. The fourth-order valence-electron chi connectivity index (χ4n) is 4.06. The van der Waals surface area contributed by atoms with Gasteiger partial charge in [0.25, 0.3) is 11.7 Å². The van der Waals surface area contributed by atoms with Crippen molar-refractivity contribution in [2.24, 2.45) is 0 Å². The van der Waals surface area contributed by atoms with Crippen molar-refractivity contribution in [3.8, 4) is 0 Å². The number of ether oxygens (including phenoxy) is 1. The first-order valence-electron chi connectivity index (χ1n) is 10.3. The summed E-state index contributed by atoms with van der Waals surface area (Å²) in [6.07, 6.45) is 0.